The number of phenols is 1. The van der Waals surface area contributed by atoms with Crippen LogP contribution in [0.3, 0.4) is 0 Å². The van der Waals surface area contributed by atoms with Gasteiger partial charge in [-0.1, -0.05) is 90.1 Å². The Morgan fingerprint density at radius 3 is 1.94 bits per heavy atom. The number of thioether (sulfide) groups is 1. The highest BCUT2D eigenvalue weighted by Gasteiger charge is 2.17. The van der Waals surface area contributed by atoms with Crippen molar-refractivity contribution in [1.82, 2.24) is 4.90 Å². The average molecular weight is 467 g/mol. The molecule has 34 heavy (non-hydrogen) atoms. The lowest BCUT2D eigenvalue weighted by Crippen LogP contribution is -2.29. The van der Waals surface area contributed by atoms with Gasteiger partial charge in [-0.25, -0.2) is 0 Å². The fraction of sp³-hybridized carbons (Fsp3) is 0.103. The van der Waals surface area contributed by atoms with Crippen LogP contribution in [0.15, 0.2) is 119 Å². The molecule has 0 aliphatic carbocycles. The zero-order valence-electron chi connectivity index (χ0n) is 19.0. The summed E-state index contributed by atoms with van der Waals surface area (Å²) in [6.45, 7) is 3.17. The Bertz CT molecular complexity index is 1240. The minimum atomic E-state index is -0.279. The molecule has 0 atom stereocenters. The molecular formula is C29H26N2O2S. The second-order valence-corrected chi connectivity index (χ2v) is 9.03. The molecule has 0 radical (unpaired) electrons. The van der Waals surface area contributed by atoms with Gasteiger partial charge in [-0.05, 0) is 54.4 Å². The molecule has 5 heteroatoms. The molecule has 0 bridgehead atoms. The molecule has 0 aromatic heterocycles. The van der Waals surface area contributed by atoms with Gasteiger partial charge in [-0.15, -0.1) is 0 Å². The van der Waals surface area contributed by atoms with E-state index in [9.17, 15) is 9.90 Å². The molecular weight excluding hydrogens is 440 g/mol. The van der Waals surface area contributed by atoms with E-state index in [1.807, 2.05) is 60.7 Å². The molecule has 4 aromatic carbocycles. The van der Waals surface area contributed by atoms with Crippen molar-refractivity contribution in [3.05, 3.63) is 131 Å². The molecule has 1 amide bonds. The van der Waals surface area contributed by atoms with E-state index in [0.717, 1.165) is 16.0 Å². The molecule has 0 aliphatic heterocycles. The van der Waals surface area contributed by atoms with Gasteiger partial charge in [0.2, 0.25) is 0 Å². The molecule has 4 nitrogen and oxygen atoms in total. The number of amidine groups is 1. The maximum Gasteiger partial charge on any atom is 0.279 e. The molecule has 0 spiro atoms. The van der Waals surface area contributed by atoms with Gasteiger partial charge in [-0.3, -0.25) is 4.79 Å². The van der Waals surface area contributed by atoms with Crippen LogP contribution in [0.2, 0.25) is 0 Å². The Hall–Kier alpha value is -3.83. The molecule has 0 aliphatic rings. The minimum Gasteiger partial charge on any atom is -0.508 e. The number of benzene rings is 4. The fourth-order valence-corrected chi connectivity index (χ4v) is 4.29. The maximum absolute atomic E-state index is 13.1. The molecule has 0 heterocycles. The smallest absolute Gasteiger partial charge is 0.279 e. The zero-order chi connectivity index (χ0) is 23.8. The topological polar surface area (TPSA) is 52.9 Å². The molecule has 0 unspecified atom stereocenters. The van der Waals surface area contributed by atoms with Crippen molar-refractivity contribution in [2.75, 3.05) is 0 Å². The fourth-order valence-electron chi connectivity index (χ4n) is 3.42. The summed E-state index contributed by atoms with van der Waals surface area (Å²) in [6, 6.07) is 34.6. The highest BCUT2D eigenvalue weighted by molar-refractivity contribution is 8.13. The van der Waals surface area contributed by atoms with Crippen LogP contribution in [0, 0.1) is 6.92 Å². The van der Waals surface area contributed by atoms with Crippen molar-refractivity contribution < 1.29 is 9.90 Å². The number of nitrogens with zero attached hydrogens (tertiary/aromatic N) is 2. The molecule has 1 N–H and O–H groups in total. The summed E-state index contributed by atoms with van der Waals surface area (Å²) in [7, 11) is 0. The van der Waals surface area contributed by atoms with Crippen LogP contribution >= 0.6 is 11.8 Å². The quantitative estimate of drug-likeness (QED) is 0.195. The van der Waals surface area contributed by atoms with Crippen LogP contribution in [0.25, 0.3) is 0 Å². The Kier molecular flexibility index (Phi) is 7.79. The lowest BCUT2D eigenvalue weighted by atomic mass is 10.1. The van der Waals surface area contributed by atoms with Gasteiger partial charge in [0, 0.05) is 23.5 Å². The van der Waals surface area contributed by atoms with Crippen molar-refractivity contribution in [1.29, 1.82) is 0 Å². The first-order valence-electron chi connectivity index (χ1n) is 11.1. The number of phenolic OH excluding ortho intramolecular Hbond substituents is 1. The van der Waals surface area contributed by atoms with Crippen LogP contribution in [0.5, 0.6) is 5.75 Å². The number of aliphatic imine (C=N–C) groups is 1. The first-order chi connectivity index (χ1) is 16.6. The van der Waals surface area contributed by atoms with E-state index < -0.39 is 0 Å². The van der Waals surface area contributed by atoms with E-state index in [-0.39, 0.29) is 11.7 Å². The third-order valence-corrected chi connectivity index (χ3v) is 6.28. The zero-order valence-corrected chi connectivity index (χ0v) is 19.8. The first kappa shape index (κ1) is 23.3. The van der Waals surface area contributed by atoms with E-state index in [0.29, 0.717) is 23.8 Å². The number of hydrogen-bond acceptors (Lipinski definition) is 3. The van der Waals surface area contributed by atoms with E-state index in [1.54, 1.807) is 24.3 Å². The third kappa shape index (κ3) is 6.59. The lowest BCUT2D eigenvalue weighted by molar-refractivity contribution is 0.100. The molecule has 4 rings (SSSR count). The third-order valence-electron chi connectivity index (χ3n) is 5.24. The number of carbonyl (C=O) groups is 1. The summed E-state index contributed by atoms with van der Waals surface area (Å²) in [5.41, 5.74) is 3.85. The largest absolute Gasteiger partial charge is 0.508 e. The van der Waals surface area contributed by atoms with Crippen molar-refractivity contribution in [2.45, 2.75) is 24.9 Å². The standard InChI is InChI=1S/C29H26N2O2S/c1-22-12-18-27(19-13-22)34-29(30-28(33)25-10-6-3-7-11-25)31(20-23-8-4-2-5-9-23)21-24-14-16-26(32)17-15-24/h2-19,32H,20-21H2,1H3. The predicted octanol–water partition coefficient (Wildman–Crippen LogP) is 6.69. The van der Waals surface area contributed by atoms with Crippen LogP contribution in [0.4, 0.5) is 0 Å². The molecule has 0 fully saturated rings. The first-order valence-corrected chi connectivity index (χ1v) is 11.9. The summed E-state index contributed by atoms with van der Waals surface area (Å²) >= 11 is 1.48. The van der Waals surface area contributed by atoms with Crippen LogP contribution < -0.4 is 0 Å². The van der Waals surface area contributed by atoms with E-state index >= 15 is 0 Å². The van der Waals surface area contributed by atoms with Crippen LogP contribution in [0.1, 0.15) is 27.0 Å². The number of aromatic hydroxyl groups is 1. The maximum atomic E-state index is 13.1. The minimum absolute atomic E-state index is 0.223. The highest BCUT2D eigenvalue weighted by atomic mass is 32.2. The Morgan fingerprint density at radius 2 is 1.32 bits per heavy atom. The van der Waals surface area contributed by atoms with Crippen molar-refractivity contribution in [3.63, 3.8) is 0 Å². The van der Waals surface area contributed by atoms with Crippen molar-refractivity contribution >= 4 is 22.8 Å². The van der Waals surface area contributed by atoms with Gasteiger partial charge in [0.05, 0.1) is 0 Å². The number of hydrogen-bond donors (Lipinski definition) is 1. The second-order valence-electron chi connectivity index (χ2n) is 7.99. The van der Waals surface area contributed by atoms with Crippen LogP contribution in [-0.4, -0.2) is 21.1 Å². The Labute approximate surface area is 204 Å². The number of carbonyl (C=O) groups excluding carboxylic acids is 1. The Morgan fingerprint density at radius 1 is 0.765 bits per heavy atom. The summed E-state index contributed by atoms with van der Waals surface area (Å²) in [5.74, 6) is -0.0560. The van der Waals surface area contributed by atoms with E-state index in [4.69, 9.17) is 0 Å². The molecule has 0 saturated heterocycles. The monoisotopic (exact) mass is 466 g/mol. The van der Waals surface area contributed by atoms with Gasteiger partial charge in [0.15, 0.2) is 5.17 Å². The van der Waals surface area contributed by atoms with Gasteiger partial charge in [0.25, 0.3) is 5.91 Å². The van der Waals surface area contributed by atoms with E-state index in [2.05, 4.69) is 41.1 Å². The number of aryl methyl sites for hydroxylation is 1. The van der Waals surface area contributed by atoms with Crippen molar-refractivity contribution in [2.24, 2.45) is 4.99 Å². The number of rotatable bonds is 6. The average Bonchev–Trinajstić information content (AvgIpc) is 2.87. The normalized spacial score (nSPS) is 11.3. The molecule has 4 aromatic rings. The highest BCUT2D eigenvalue weighted by Crippen LogP contribution is 2.26. The predicted molar refractivity (Wildman–Crippen MR) is 139 cm³/mol. The van der Waals surface area contributed by atoms with Crippen LogP contribution in [-0.2, 0) is 13.1 Å². The SMILES string of the molecule is Cc1ccc(SC(=NC(=O)c2ccccc2)N(Cc2ccccc2)Cc2ccc(O)cc2)cc1. The second kappa shape index (κ2) is 11.3. The summed E-state index contributed by atoms with van der Waals surface area (Å²) in [4.78, 5) is 20.8. The van der Waals surface area contributed by atoms with E-state index in [1.165, 1.54) is 17.3 Å². The Balaban J connectivity index is 1.72. The summed E-state index contributed by atoms with van der Waals surface area (Å²) in [6.07, 6.45) is 0. The summed E-state index contributed by atoms with van der Waals surface area (Å²) < 4.78 is 0. The van der Waals surface area contributed by atoms with Gasteiger partial charge < -0.3 is 10.0 Å². The molecule has 0 saturated carbocycles. The van der Waals surface area contributed by atoms with Gasteiger partial charge in [-0.2, -0.15) is 4.99 Å². The van der Waals surface area contributed by atoms with Gasteiger partial charge >= 0.3 is 0 Å². The molecule has 170 valence electrons. The summed E-state index contributed by atoms with van der Waals surface area (Å²) in [5, 5.41) is 10.3. The van der Waals surface area contributed by atoms with Crippen molar-refractivity contribution in [3.8, 4) is 5.75 Å². The van der Waals surface area contributed by atoms with Gasteiger partial charge in [0.1, 0.15) is 5.75 Å². The lowest BCUT2D eigenvalue weighted by Gasteiger charge is -2.26. The number of amides is 1.